The molecule has 80 valence electrons. The van der Waals surface area contributed by atoms with E-state index >= 15 is 0 Å². The van der Waals surface area contributed by atoms with E-state index in [1.165, 1.54) is 0 Å². The summed E-state index contributed by atoms with van der Waals surface area (Å²) in [6.07, 6.45) is 0.185. The second kappa shape index (κ2) is 4.46. The minimum absolute atomic E-state index is 0.185. The van der Waals surface area contributed by atoms with Gasteiger partial charge >= 0.3 is 0 Å². The Kier molecular flexibility index (Phi) is 3.52. The van der Waals surface area contributed by atoms with E-state index in [0.717, 1.165) is 11.5 Å². The molecule has 14 heavy (non-hydrogen) atoms. The lowest BCUT2D eigenvalue weighted by Gasteiger charge is -2.20. The number of ether oxygens (including phenoxy) is 1. The van der Waals surface area contributed by atoms with Crippen molar-refractivity contribution in [3.63, 3.8) is 0 Å². The first-order valence-corrected chi connectivity index (χ1v) is 4.84. The van der Waals surface area contributed by atoms with E-state index in [-0.39, 0.29) is 12.1 Å². The van der Waals surface area contributed by atoms with Crippen LogP contribution in [0.5, 0.6) is 0 Å². The number of hydrogen-bond acceptors (Lipinski definition) is 3. The fourth-order valence-electron chi connectivity index (χ4n) is 1.30. The van der Waals surface area contributed by atoms with Gasteiger partial charge in [-0.05, 0) is 20.8 Å². The van der Waals surface area contributed by atoms with Gasteiger partial charge in [-0.1, -0.05) is 0 Å². The van der Waals surface area contributed by atoms with Gasteiger partial charge in [0.05, 0.1) is 17.8 Å². The van der Waals surface area contributed by atoms with Gasteiger partial charge in [-0.3, -0.25) is 4.68 Å². The van der Waals surface area contributed by atoms with Crippen LogP contribution in [0.15, 0.2) is 6.07 Å². The lowest BCUT2D eigenvalue weighted by atomic mass is 10.2. The smallest absolute Gasteiger partial charge is 0.124 e. The molecule has 0 radical (unpaired) electrons. The zero-order valence-electron chi connectivity index (χ0n) is 9.53. The van der Waals surface area contributed by atoms with Gasteiger partial charge < -0.3 is 10.1 Å². The van der Waals surface area contributed by atoms with Crippen LogP contribution in [0.1, 0.15) is 19.5 Å². The van der Waals surface area contributed by atoms with Crippen LogP contribution >= 0.6 is 0 Å². The normalized spacial score (nSPS) is 15.2. The number of aromatic nitrogens is 2. The Morgan fingerprint density at radius 2 is 2.14 bits per heavy atom. The standard InChI is InChI=1S/C10H19N3O/c1-7-6-10(13(4)12-7)11-8(2)9(3)14-5/h6,8-9,11H,1-5H3. The number of nitrogens with zero attached hydrogens (tertiary/aromatic N) is 2. The van der Waals surface area contributed by atoms with Crippen molar-refractivity contribution in [2.45, 2.75) is 32.9 Å². The third-order valence-electron chi connectivity index (χ3n) is 2.45. The predicted molar refractivity (Wildman–Crippen MR) is 57.5 cm³/mol. The molecule has 0 amide bonds. The highest BCUT2D eigenvalue weighted by Crippen LogP contribution is 2.11. The summed E-state index contributed by atoms with van der Waals surface area (Å²) in [4.78, 5) is 0. The van der Waals surface area contributed by atoms with Gasteiger partial charge in [0, 0.05) is 20.2 Å². The predicted octanol–water partition coefficient (Wildman–Crippen LogP) is 1.56. The van der Waals surface area contributed by atoms with E-state index < -0.39 is 0 Å². The second-order valence-corrected chi connectivity index (χ2v) is 3.67. The first-order chi connectivity index (χ1) is 6.54. The Morgan fingerprint density at radius 3 is 2.57 bits per heavy atom. The summed E-state index contributed by atoms with van der Waals surface area (Å²) < 4.78 is 7.08. The monoisotopic (exact) mass is 197 g/mol. The summed E-state index contributed by atoms with van der Waals surface area (Å²) in [5.41, 5.74) is 1.02. The fraction of sp³-hybridized carbons (Fsp3) is 0.700. The third kappa shape index (κ3) is 2.48. The molecule has 1 heterocycles. The first kappa shape index (κ1) is 11.0. The summed E-state index contributed by atoms with van der Waals surface area (Å²) in [5.74, 6) is 1.03. The van der Waals surface area contributed by atoms with Crippen molar-refractivity contribution in [3.8, 4) is 0 Å². The maximum absolute atomic E-state index is 5.24. The van der Waals surface area contributed by atoms with Crippen molar-refractivity contribution >= 4 is 5.82 Å². The van der Waals surface area contributed by atoms with Gasteiger partial charge in [0.1, 0.15) is 5.82 Å². The molecule has 0 spiro atoms. The van der Waals surface area contributed by atoms with Crippen LogP contribution in [0.2, 0.25) is 0 Å². The van der Waals surface area contributed by atoms with E-state index in [9.17, 15) is 0 Å². The number of anilines is 1. The molecule has 0 saturated carbocycles. The van der Waals surface area contributed by atoms with Crippen LogP contribution in [-0.2, 0) is 11.8 Å². The molecule has 1 N–H and O–H groups in total. The lowest BCUT2D eigenvalue weighted by molar-refractivity contribution is 0.106. The van der Waals surface area contributed by atoms with E-state index in [2.05, 4.69) is 17.3 Å². The third-order valence-corrected chi connectivity index (χ3v) is 2.45. The van der Waals surface area contributed by atoms with Crippen molar-refractivity contribution in [1.29, 1.82) is 0 Å². The zero-order valence-corrected chi connectivity index (χ0v) is 9.53. The number of methoxy groups -OCH3 is 1. The van der Waals surface area contributed by atoms with Crippen LogP contribution in [-0.4, -0.2) is 29.0 Å². The van der Waals surface area contributed by atoms with Crippen LogP contribution in [0, 0.1) is 6.92 Å². The van der Waals surface area contributed by atoms with Crippen molar-refractivity contribution in [2.75, 3.05) is 12.4 Å². The van der Waals surface area contributed by atoms with Gasteiger partial charge in [0.2, 0.25) is 0 Å². The fourth-order valence-corrected chi connectivity index (χ4v) is 1.30. The molecule has 0 bridgehead atoms. The van der Waals surface area contributed by atoms with Gasteiger partial charge in [-0.2, -0.15) is 5.10 Å². The lowest BCUT2D eigenvalue weighted by Crippen LogP contribution is -2.30. The molecular formula is C10H19N3O. The largest absolute Gasteiger partial charge is 0.380 e. The molecule has 0 aromatic carbocycles. The highest BCUT2D eigenvalue weighted by Gasteiger charge is 2.12. The molecule has 4 heteroatoms. The van der Waals surface area contributed by atoms with Crippen molar-refractivity contribution in [3.05, 3.63) is 11.8 Å². The van der Waals surface area contributed by atoms with E-state index in [1.54, 1.807) is 7.11 Å². The van der Waals surface area contributed by atoms with Gasteiger partial charge in [0.15, 0.2) is 0 Å². The number of aryl methyl sites for hydroxylation is 2. The molecule has 0 aliphatic rings. The molecule has 0 aliphatic heterocycles. The minimum Gasteiger partial charge on any atom is -0.380 e. The molecule has 2 unspecified atom stereocenters. The Labute approximate surface area is 85.3 Å². The second-order valence-electron chi connectivity index (χ2n) is 3.67. The summed E-state index contributed by atoms with van der Waals surface area (Å²) in [6.45, 7) is 6.12. The van der Waals surface area contributed by atoms with Gasteiger partial charge in [-0.15, -0.1) is 0 Å². The van der Waals surface area contributed by atoms with Crippen LogP contribution in [0.4, 0.5) is 5.82 Å². The minimum atomic E-state index is 0.185. The van der Waals surface area contributed by atoms with Crippen molar-refractivity contribution in [1.82, 2.24) is 9.78 Å². The van der Waals surface area contributed by atoms with Crippen LogP contribution in [0.3, 0.4) is 0 Å². The molecule has 2 atom stereocenters. The van der Waals surface area contributed by atoms with Gasteiger partial charge in [-0.25, -0.2) is 0 Å². The molecule has 0 saturated heterocycles. The molecule has 1 aromatic rings. The first-order valence-electron chi connectivity index (χ1n) is 4.84. The topological polar surface area (TPSA) is 39.1 Å². The quantitative estimate of drug-likeness (QED) is 0.796. The zero-order chi connectivity index (χ0) is 10.7. The molecular weight excluding hydrogens is 178 g/mol. The summed E-state index contributed by atoms with van der Waals surface area (Å²) in [7, 11) is 3.65. The summed E-state index contributed by atoms with van der Waals surface area (Å²) >= 11 is 0. The average Bonchev–Trinajstić information content (AvgIpc) is 2.44. The molecule has 4 nitrogen and oxygen atoms in total. The number of hydrogen-bond donors (Lipinski definition) is 1. The summed E-state index contributed by atoms with van der Waals surface area (Å²) in [6, 6.07) is 2.30. The Hall–Kier alpha value is -1.03. The van der Waals surface area contributed by atoms with Crippen LogP contribution < -0.4 is 5.32 Å². The maximum atomic E-state index is 5.24. The molecule has 1 rings (SSSR count). The number of nitrogens with one attached hydrogen (secondary N) is 1. The van der Waals surface area contributed by atoms with Crippen molar-refractivity contribution < 1.29 is 4.74 Å². The summed E-state index contributed by atoms with van der Waals surface area (Å²) in [5, 5.41) is 7.62. The molecule has 0 aliphatic carbocycles. The highest BCUT2D eigenvalue weighted by molar-refractivity contribution is 5.37. The molecule has 1 aromatic heterocycles. The average molecular weight is 197 g/mol. The van der Waals surface area contributed by atoms with Crippen molar-refractivity contribution in [2.24, 2.45) is 7.05 Å². The van der Waals surface area contributed by atoms with Crippen LogP contribution in [0.25, 0.3) is 0 Å². The number of rotatable bonds is 4. The Morgan fingerprint density at radius 1 is 1.50 bits per heavy atom. The van der Waals surface area contributed by atoms with E-state index in [4.69, 9.17) is 4.74 Å². The van der Waals surface area contributed by atoms with Gasteiger partial charge in [0.25, 0.3) is 0 Å². The molecule has 0 fully saturated rings. The highest BCUT2D eigenvalue weighted by atomic mass is 16.5. The maximum Gasteiger partial charge on any atom is 0.124 e. The Balaban J connectivity index is 2.64. The van der Waals surface area contributed by atoms with E-state index in [0.29, 0.717) is 0 Å². The van der Waals surface area contributed by atoms with E-state index in [1.807, 2.05) is 31.6 Å². The Bertz CT molecular complexity index is 296. The SMILES string of the molecule is COC(C)C(C)Nc1cc(C)nn1C.